The van der Waals surface area contributed by atoms with Crippen LogP contribution in [0.2, 0.25) is 0 Å². The van der Waals surface area contributed by atoms with E-state index in [0.717, 1.165) is 16.3 Å². The molecule has 2 amide bonds. The molecule has 220 valence electrons. The molecule has 1 saturated heterocycles. The second-order valence-corrected chi connectivity index (χ2v) is 11.2. The van der Waals surface area contributed by atoms with Crippen molar-refractivity contribution < 1.29 is 28.6 Å². The first kappa shape index (κ1) is 30.4. The third-order valence-electron chi connectivity index (χ3n) is 6.82. The van der Waals surface area contributed by atoms with Gasteiger partial charge >= 0.3 is 12.1 Å². The highest BCUT2D eigenvalue weighted by Crippen LogP contribution is 2.26. The van der Waals surface area contributed by atoms with E-state index in [1.807, 2.05) is 51.1 Å². The van der Waals surface area contributed by atoms with Gasteiger partial charge in [-0.05, 0) is 86.5 Å². The first-order valence-corrected chi connectivity index (χ1v) is 14.2. The molecule has 1 heterocycles. The Kier molecular flexibility index (Phi) is 9.68. The Morgan fingerprint density at radius 3 is 2.31 bits per heavy atom. The number of hydrogen-bond donors (Lipinski definition) is 0. The Morgan fingerprint density at radius 2 is 1.67 bits per heavy atom. The van der Waals surface area contributed by atoms with Gasteiger partial charge in [0.15, 0.2) is 0 Å². The summed E-state index contributed by atoms with van der Waals surface area (Å²) >= 11 is 0. The lowest BCUT2D eigenvalue weighted by molar-refractivity contribution is -0.145. The summed E-state index contributed by atoms with van der Waals surface area (Å²) in [4.78, 5) is 41.0. The summed E-state index contributed by atoms with van der Waals surface area (Å²) < 4.78 is 16.7. The average molecular weight is 572 g/mol. The normalized spacial score (nSPS) is 13.7. The molecule has 1 aliphatic rings. The van der Waals surface area contributed by atoms with Crippen molar-refractivity contribution >= 4 is 34.4 Å². The number of carbonyl (C=O) groups excluding carboxylic acids is 3. The fourth-order valence-corrected chi connectivity index (χ4v) is 4.78. The summed E-state index contributed by atoms with van der Waals surface area (Å²) in [6.45, 7) is 8.78. The number of benzene rings is 3. The standard InChI is InChI=1S/C33H37N3O6/c1-5-40-31(38)20-30(37)36(22-24-7-9-25-8-6-23(21-34)18-26(25)19-24)27-10-12-28(13-11-27)41-29-14-16-35(17-15-29)32(39)42-33(2,3)4/h6-13,18-19,29H,5,14-17,20,22H2,1-4H3. The number of carbonyl (C=O) groups is 3. The molecule has 0 bridgehead atoms. The van der Waals surface area contributed by atoms with Crippen molar-refractivity contribution in [1.82, 2.24) is 4.90 Å². The molecule has 0 spiro atoms. The first-order valence-electron chi connectivity index (χ1n) is 14.2. The summed E-state index contributed by atoms with van der Waals surface area (Å²) in [6.07, 6.45) is 0.622. The van der Waals surface area contributed by atoms with E-state index < -0.39 is 11.6 Å². The van der Waals surface area contributed by atoms with Gasteiger partial charge in [0, 0.05) is 31.6 Å². The maximum Gasteiger partial charge on any atom is 0.410 e. The van der Waals surface area contributed by atoms with Crippen molar-refractivity contribution in [3.63, 3.8) is 0 Å². The van der Waals surface area contributed by atoms with E-state index in [4.69, 9.17) is 14.2 Å². The molecule has 0 aromatic heterocycles. The van der Waals surface area contributed by atoms with Crippen LogP contribution in [-0.4, -0.2) is 54.3 Å². The summed E-state index contributed by atoms with van der Waals surface area (Å²) in [5, 5.41) is 11.2. The van der Waals surface area contributed by atoms with E-state index in [0.29, 0.717) is 42.9 Å². The van der Waals surface area contributed by atoms with E-state index in [9.17, 15) is 19.6 Å². The van der Waals surface area contributed by atoms with Crippen molar-refractivity contribution in [2.24, 2.45) is 0 Å². The average Bonchev–Trinajstić information content (AvgIpc) is 2.95. The molecule has 3 aromatic rings. The Bertz CT molecular complexity index is 1460. The Balaban J connectivity index is 1.46. The smallest absolute Gasteiger partial charge is 0.410 e. The Morgan fingerprint density at radius 1 is 0.976 bits per heavy atom. The van der Waals surface area contributed by atoms with Gasteiger partial charge < -0.3 is 24.0 Å². The van der Waals surface area contributed by atoms with Crippen LogP contribution < -0.4 is 9.64 Å². The van der Waals surface area contributed by atoms with E-state index in [-0.39, 0.29) is 37.7 Å². The number of anilines is 1. The Labute approximate surface area is 246 Å². The van der Waals surface area contributed by atoms with Crippen LogP contribution in [0.5, 0.6) is 5.75 Å². The van der Waals surface area contributed by atoms with E-state index in [1.165, 1.54) is 0 Å². The van der Waals surface area contributed by atoms with Crippen LogP contribution in [0.15, 0.2) is 60.7 Å². The predicted molar refractivity (Wildman–Crippen MR) is 159 cm³/mol. The molecule has 42 heavy (non-hydrogen) atoms. The number of esters is 1. The molecule has 0 saturated carbocycles. The number of nitriles is 1. The molecule has 3 aromatic carbocycles. The zero-order valence-electron chi connectivity index (χ0n) is 24.6. The van der Waals surface area contributed by atoms with Crippen LogP contribution in [0.4, 0.5) is 10.5 Å². The third-order valence-corrected chi connectivity index (χ3v) is 6.82. The lowest BCUT2D eigenvalue weighted by Crippen LogP contribution is -2.44. The summed E-state index contributed by atoms with van der Waals surface area (Å²) in [6, 6.07) is 20.7. The van der Waals surface area contributed by atoms with E-state index >= 15 is 0 Å². The first-order chi connectivity index (χ1) is 20.0. The lowest BCUT2D eigenvalue weighted by Gasteiger charge is -2.33. The number of likely N-dealkylation sites (tertiary alicyclic amines) is 1. The zero-order chi connectivity index (χ0) is 30.3. The van der Waals surface area contributed by atoms with Crippen LogP contribution in [-0.2, 0) is 25.6 Å². The van der Waals surface area contributed by atoms with Gasteiger partial charge in [-0.2, -0.15) is 5.26 Å². The second-order valence-electron chi connectivity index (χ2n) is 11.2. The number of amides is 2. The molecular formula is C33H37N3O6. The molecule has 9 heteroatoms. The number of piperidine rings is 1. The fraction of sp³-hybridized carbons (Fsp3) is 0.394. The fourth-order valence-electron chi connectivity index (χ4n) is 4.78. The molecule has 0 atom stereocenters. The van der Waals surface area contributed by atoms with Gasteiger partial charge in [0.25, 0.3) is 0 Å². The number of rotatable bonds is 8. The molecule has 4 rings (SSSR count). The maximum absolute atomic E-state index is 13.3. The van der Waals surface area contributed by atoms with Crippen LogP contribution in [0.1, 0.15) is 58.1 Å². The van der Waals surface area contributed by atoms with Crippen LogP contribution in [0.25, 0.3) is 10.8 Å². The number of fused-ring (bicyclic) bond motifs is 1. The predicted octanol–water partition coefficient (Wildman–Crippen LogP) is 5.98. The van der Waals surface area contributed by atoms with Crippen molar-refractivity contribution in [2.75, 3.05) is 24.6 Å². The van der Waals surface area contributed by atoms with Gasteiger partial charge in [0.2, 0.25) is 5.91 Å². The monoisotopic (exact) mass is 571 g/mol. The third kappa shape index (κ3) is 8.23. The minimum atomic E-state index is -0.581. The quantitative estimate of drug-likeness (QED) is 0.242. The summed E-state index contributed by atoms with van der Waals surface area (Å²) in [7, 11) is 0. The van der Waals surface area contributed by atoms with Gasteiger partial charge in [0.05, 0.1) is 24.8 Å². The molecule has 0 N–H and O–H groups in total. The van der Waals surface area contributed by atoms with Gasteiger partial charge in [-0.25, -0.2) is 4.79 Å². The minimum Gasteiger partial charge on any atom is -0.490 e. The zero-order valence-corrected chi connectivity index (χ0v) is 24.6. The van der Waals surface area contributed by atoms with Gasteiger partial charge in [-0.1, -0.05) is 18.2 Å². The highest BCUT2D eigenvalue weighted by atomic mass is 16.6. The van der Waals surface area contributed by atoms with Crippen LogP contribution in [0.3, 0.4) is 0 Å². The second kappa shape index (κ2) is 13.4. The molecule has 1 aliphatic heterocycles. The maximum atomic E-state index is 13.3. The summed E-state index contributed by atoms with van der Waals surface area (Å²) in [5.41, 5.74) is 1.49. The van der Waals surface area contributed by atoms with E-state index in [1.54, 1.807) is 47.1 Å². The topological polar surface area (TPSA) is 109 Å². The van der Waals surface area contributed by atoms with Gasteiger partial charge in [-0.15, -0.1) is 0 Å². The number of hydrogen-bond acceptors (Lipinski definition) is 7. The van der Waals surface area contributed by atoms with E-state index in [2.05, 4.69) is 6.07 Å². The number of ether oxygens (including phenoxy) is 3. The van der Waals surface area contributed by atoms with Gasteiger partial charge in [0.1, 0.15) is 23.9 Å². The molecule has 1 fully saturated rings. The summed E-state index contributed by atoms with van der Waals surface area (Å²) in [5.74, 6) is -0.313. The lowest BCUT2D eigenvalue weighted by atomic mass is 10.0. The highest BCUT2D eigenvalue weighted by Gasteiger charge is 2.28. The molecule has 0 unspecified atom stereocenters. The molecule has 0 aliphatic carbocycles. The molecular weight excluding hydrogens is 534 g/mol. The van der Waals surface area contributed by atoms with Crippen molar-refractivity contribution in [3.8, 4) is 11.8 Å². The molecule has 9 nitrogen and oxygen atoms in total. The van der Waals surface area contributed by atoms with Crippen LogP contribution in [0, 0.1) is 11.3 Å². The van der Waals surface area contributed by atoms with Crippen molar-refractivity contribution in [1.29, 1.82) is 5.26 Å². The van der Waals surface area contributed by atoms with Gasteiger partial charge in [-0.3, -0.25) is 9.59 Å². The SMILES string of the molecule is CCOC(=O)CC(=O)N(Cc1ccc2ccc(C#N)cc2c1)c1ccc(OC2CCN(C(=O)OC(C)(C)C)CC2)cc1. The Hall–Kier alpha value is -4.58. The minimum absolute atomic E-state index is 0.0491. The van der Waals surface area contributed by atoms with Crippen LogP contribution >= 0.6 is 0 Å². The largest absolute Gasteiger partial charge is 0.490 e. The highest BCUT2D eigenvalue weighted by molar-refractivity contribution is 6.03. The van der Waals surface area contributed by atoms with Crippen molar-refractivity contribution in [3.05, 3.63) is 71.8 Å². The molecule has 0 radical (unpaired) electrons. The number of nitrogens with zero attached hydrogens (tertiary/aromatic N) is 3. The van der Waals surface area contributed by atoms with Crippen molar-refractivity contribution in [2.45, 2.75) is 65.2 Å².